The molecule has 1 unspecified atom stereocenters. The Bertz CT molecular complexity index is 308. The van der Waals surface area contributed by atoms with Crippen LogP contribution >= 0.6 is 0 Å². The van der Waals surface area contributed by atoms with Crippen LogP contribution in [0, 0.1) is 5.82 Å². The third kappa shape index (κ3) is 4.11. The lowest BCUT2D eigenvalue weighted by atomic mass is 10.1. The fraction of sp³-hybridized carbons (Fsp3) is 0.462. The first-order valence-electron chi connectivity index (χ1n) is 5.73. The lowest BCUT2D eigenvalue weighted by Gasteiger charge is -2.17. The maximum Gasteiger partial charge on any atom is 0.141 e. The van der Waals surface area contributed by atoms with Crippen molar-refractivity contribution in [1.82, 2.24) is 10.3 Å². The normalized spacial score (nSPS) is 12.4. The van der Waals surface area contributed by atoms with Crippen molar-refractivity contribution >= 4 is 0 Å². The van der Waals surface area contributed by atoms with Gasteiger partial charge in [-0.15, -0.1) is 6.58 Å². The average molecular weight is 222 g/mol. The van der Waals surface area contributed by atoms with E-state index >= 15 is 0 Å². The zero-order valence-corrected chi connectivity index (χ0v) is 9.75. The molecule has 0 saturated heterocycles. The van der Waals surface area contributed by atoms with Crippen LogP contribution < -0.4 is 5.32 Å². The van der Waals surface area contributed by atoms with Gasteiger partial charge in [0.2, 0.25) is 0 Å². The Morgan fingerprint density at radius 2 is 2.38 bits per heavy atom. The lowest BCUT2D eigenvalue weighted by molar-refractivity contribution is 0.490. The molecule has 2 nitrogen and oxygen atoms in total. The van der Waals surface area contributed by atoms with Gasteiger partial charge in [0.25, 0.3) is 0 Å². The minimum Gasteiger partial charge on any atom is -0.309 e. The molecule has 1 rings (SSSR count). The van der Waals surface area contributed by atoms with Crippen molar-refractivity contribution in [2.24, 2.45) is 0 Å². The first-order valence-corrected chi connectivity index (χ1v) is 5.73. The van der Waals surface area contributed by atoms with Gasteiger partial charge >= 0.3 is 0 Å². The van der Waals surface area contributed by atoms with E-state index in [0.717, 1.165) is 31.5 Å². The van der Waals surface area contributed by atoms with E-state index < -0.39 is 0 Å². The summed E-state index contributed by atoms with van der Waals surface area (Å²) in [6.07, 6.45) is 6.11. The van der Waals surface area contributed by atoms with Gasteiger partial charge in [0, 0.05) is 6.04 Å². The molecule has 1 N–H and O–H groups in total. The van der Waals surface area contributed by atoms with E-state index in [-0.39, 0.29) is 11.9 Å². The molecule has 1 atom stereocenters. The largest absolute Gasteiger partial charge is 0.309 e. The van der Waals surface area contributed by atoms with Crippen molar-refractivity contribution in [3.8, 4) is 0 Å². The van der Waals surface area contributed by atoms with Crippen molar-refractivity contribution in [2.75, 3.05) is 6.54 Å². The molecule has 0 aliphatic heterocycles. The highest BCUT2D eigenvalue weighted by Gasteiger charge is 2.10. The van der Waals surface area contributed by atoms with Crippen molar-refractivity contribution < 1.29 is 4.39 Å². The van der Waals surface area contributed by atoms with Crippen LogP contribution in [-0.4, -0.2) is 11.5 Å². The molecule has 0 aliphatic rings. The Morgan fingerprint density at radius 3 is 2.94 bits per heavy atom. The van der Waals surface area contributed by atoms with Crippen LogP contribution in [0.25, 0.3) is 0 Å². The molecule has 0 aliphatic carbocycles. The molecule has 0 amide bonds. The highest BCUT2D eigenvalue weighted by atomic mass is 19.1. The molecule has 1 aromatic rings. The minimum absolute atomic E-state index is 0.193. The molecule has 88 valence electrons. The molecule has 3 heteroatoms. The van der Waals surface area contributed by atoms with Gasteiger partial charge in [-0.25, -0.2) is 4.39 Å². The van der Waals surface area contributed by atoms with E-state index in [2.05, 4.69) is 23.8 Å². The molecule has 16 heavy (non-hydrogen) atoms. The molecular weight excluding hydrogens is 203 g/mol. The van der Waals surface area contributed by atoms with Crippen LogP contribution in [0.3, 0.4) is 0 Å². The maximum atomic E-state index is 12.8. The number of hydrogen-bond donors (Lipinski definition) is 1. The molecule has 0 fully saturated rings. The number of rotatable bonds is 7. The van der Waals surface area contributed by atoms with Crippen LogP contribution in [0.1, 0.15) is 37.9 Å². The van der Waals surface area contributed by atoms with Crippen LogP contribution in [0.4, 0.5) is 4.39 Å². The van der Waals surface area contributed by atoms with Crippen molar-refractivity contribution in [3.05, 3.63) is 42.5 Å². The molecule has 0 saturated carbocycles. The zero-order chi connectivity index (χ0) is 11.8. The van der Waals surface area contributed by atoms with E-state index in [0.29, 0.717) is 0 Å². The standard InChI is InChI=1S/C13H19FN2/c1-3-5-6-12(15-9-4-2)13-8-7-11(14)10-16-13/h3,7-8,10,12,15H,1,4-6,9H2,2H3. The van der Waals surface area contributed by atoms with Gasteiger partial charge in [0.05, 0.1) is 11.9 Å². The summed E-state index contributed by atoms with van der Waals surface area (Å²) < 4.78 is 12.8. The summed E-state index contributed by atoms with van der Waals surface area (Å²) >= 11 is 0. The highest BCUT2D eigenvalue weighted by Crippen LogP contribution is 2.16. The Kier molecular flexibility index (Phi) is 5.72. The molecule has 0 radical (unpaired) electrons. The fourth-order valence-electron chi connectivity index (χ4n) is 1.55. The summed E-state index contributed by atoms with van der Waals surface area (Å²) in [7, 11) is 0. The highest BCUT2D eigenvalue weighted by molar-refractivity contribution is 5.10. The first kappa shape index (κ1) is 12.8. The Hall–Kier alpha value is -1.22. The number of halogens is 1. The molecule has 0 bridgehead atoms. The molecular formula is C13H19FN2. The number of aromatic nitrogens is 1. The van der Waals surface area contributed by atoms with E-state index in [1.807, 2.05) is 6.08 Å². The monoisotopic (exact) mass is 222 g/mol. The second-order valence-electron chi connectivity index (χ2n) is 3.77. The Balaban J connectivity index is 2.66. The molecule has 1 heterocycles. The zero-order valence-electron chi connectivity index (χ0n) is 9.75. The number of nitrogens with one attached hydrogen (secondary N) is 1. The van der Waals surface area contributed by atoms with E-state index in [9.17, 15) is 4.39 Å². The summed E-state index contributed by atoms with van der Waals surface area (Å²) in [4.78, 5) is 4.11. The average Bonchev–Trinajstić information content (AvgIpc) is 2.31. The van der Waals surface area contributed by atoms with E-state index in [1.165, 1.54) is 12.3 Å². The quantitative estimate of drug-likeness (QED) is 0.716. The van der Waals surface area contributed by atoms with Crippen LogP contribution in [0.15, 0.2) is 31.0 Å². The predicted octanol–water partition coefficient (Wildman–Crippen LogP) is 3.23. The fourth-order valence-corrected chi connectivity index (χ4v) is 1.55. The van der Waals surface area contributed by atoms with Crippen LogP contribution in [-0.2, 0) is 0 Å². The van der Waals surface area contributed by atoms with E-state index in [1.54, 1.807) is 6.07 Å². The summed E-state index contributed by atoms with van der Waals surface area (Å²) in [6, 6.07) is 3.39. The van der Waals surface area contributed by atoms with Gasteiger partial charge in [-0.2, -0.15) is 0 Å². The topological polar surface area (TPSA) is 24.9 Å². The third-order valence-corrected chi connectivity index (χ3v) is 2.41. The van der Waals surface area contributed by atoms with Gasteiger partial charge in [0.15, 0.2) is 0 Å². The summed E-state index contributed by atoms with van der Waals surface area (Å²) in [5, 5.41) is 3.41. The first-order chi connectivity index (χ1) is 7.77. The second-order valence-corrected chi connectivity index (χ2v) is 3.77. The number of allylic oxidation sites excluding steroid dienone is 1. The van der Waals surface area contributed by atoms with Crippen molar-refractivity contribution in [1.29, 1.82) is 0 Å². The molecule has 0 spiro atoms. The molecule has 1 aromatic heterocycles. The smallest absolute Gasteiger partial charge is 0.141 e. The van der Waals surface area contributed by atoms with E-state index in [4.69, 9.17) is 0 Å². The van der Waals surface area contributed by atoms with Gasteiger partial charge in [-0.05, 0) is 37.9 Å². The minimum atomic E-state index is -0.290. The third-order valence-electron chi connectivity index (χ3n) is 2.41. The second kappa shape index (κ2) is 7.12. The van der Waals surface area contributed by atoms with Gasteiger partial charge < -0.3 is 5.32 Å². The SMILES string of the molecule is C=CCCC(NCCC)c1ccc(F)cn1. The Labute approximate surface area is 96.6 Å². The maximum absolute atomic E-state index is 12.8. The number of nitrogens with zero attached hydrogens (tertiary/aromatic N) is 1. The summed E-state index contributed by atoms with van der Waals surface area (Å²) in [6.45, 7) is 6.78. The van der Waals surface area contributed by atoms with Crippen molar-refractivity contribution in [2.45, 2.75) is 32.2 Å². The lowest BCUT2D eigenvalue weighted by Crippen LogP contribution is -2.22. The van der Waals surface area contributed by atoms with Crippen LogP contribution in [0.5, 0.6) is 0 Å². The van der Waals surface area contributed by atoms with Gasteiger partial charge in [-0.1, -0.05) is 13.0 Å². The van der Waals surface area contributed by atoms with Crippen molar-refractivity contribution in [3.63, 3.8) is 0 Å². The van der Waals surface area contributed by atoms with Crippen LogP contribution in [0.2, 0.25) is 0 Å². The molecule has 0 aromatic carbocycles. The van der Waals surface area contributed by atoms with Gasteiger partial charge in [-0.3, -0.25) is 4.98 Å². The predicted molar refractivity (Wildman–Crippen MR) is 64.7 cm³/mol. The summed E-state index contributed by atoms with van der Waals surface area (Å²) in [5.74, 6) is -0.290. The van der Waals surface area contributed by atoms with Gasteiger partial charge in [0.1, 0.15) is 5.82 Å². The Morgan fingerprint density at radius 1 is 1.56 bits per heavy atom. The number of pyridine rings is 1. The summed E-state index contributed by atoms with van der Waals surface area (Å²) in [5.41, 5.74) is 0.900. The number of hydrogen-bond acceptors (Lipinski definition) is 2.